The Morgan fingerprint density at radius 3 is 3.00 bits per heavy atom. The van der Waals surface area contributed by atoms with Crippen molar-refractivity contribution in [3.63, 3.8) is 0 Å². The number of fused-ring (bicyclic) bond motifs is 1. The van der Waals surface area contributed by atoms with Gasteiger partial charge in [-0.2, -0.15) is 0 Å². The minimum atomic E-state index is 0.428. The molecule has 0 aromatic carbocycles. The molecule has 2 heterocycles. The van der Waals surface area contributed by atoms with Crippen LogP contribution in [-0.2, 0) is 0 Å². The molecule has 18 heavy (non-hydrogen) atoms. The Morgan fingerprint density at radius 2 is 2.22 bits per heavy atom. The molecule has 1 aliphatic heterocycles. The number of aliphatic imine (C=N–C) groups is 1. The predicted molar refractivity (Wildman–Crippen MR) is 74.2 cm³/mol. The Kier molecular flexibility index (Phi) is 3.24. The van der Waals surface area contributed by atoms with Crippen LogP contribution in [0.1, 0.15) is 31.2 Å². The molecule has 1 aromatic rings. The van der Waals surface area contributed by atoms with Crippen LogP contribution in [0.2, 0.25) is 0 Å². The van der Waals surface area contributed by atoms with Gasteiger partial charge in [0.25, 0.3) is 0 Å². The van der Waals surface area contributed by atoms with Crippen molar-refractivity contribution < 1.29 is 4.74 Å². The van der Waals surface area contributed by atoms with Crippen LogP contribution in [0.4, 0.5) is 0 Å². The zero-order valence-corrected chi connectivity index (χ0v) is 11.9. The number of ether oxygens (including phenoxy) is 1. The highest BCUT2D eigenvalue weighted by Crippen LogP contribution is 2.28. The molecule has 2 atom stereocenters. The first kappa shape index (κ1) is 12.0. The molecule has 0 bridgehead atoms. The number of rotatable bonds is 2. The maximum absolute atomic E-state index is 5.31. The van der Waals surface area contributed by atoms with Crippen molar-refractivity contribution in [3.05, 3.63) is 22.3 Å². The molecule has 1 saturated carbocycles. The van der Waals surface area contributed by atoms with Crippen molar-refractivity contribution >= 4 is 21.8 Å². The second kappa shape index (κ2) is 4.88. The third-order valence-electron chi connectivity index (χ3n) is 3.61. The highest BCUT2D eigenvalue weighted by molar-refractivity contribution is 9.10. The second-order valence-corrected chi connectivity index (χ2v) is 5.71. The topological polar surface area (TPSA) is 46.5 Å². The lowest BCUT2D eigenvalue weighted by Gasteiger charge is -2.23. The van der Waals surface area contributed by atoms with Crippen LogP contribution in [0, 0.1) is 0 Å². The maximum atomic E-state index is 5.31. The molecule has 0 spiro atoms. The zero-order chi connectivity index (χ0) is 12.5. The summed E-state index contributed by atoms with van der Waals surface area (Å²) in [6.45, 7) is 0. The van der Waals surface area contributed by atoms with Gasteiger partial charge in [0.05, 0.1) is 18.7 Å². The molecular formula is C13H16BrN3O. The van der Waals surface area contributed by atoms with Gasteiger partial charge in [-0.3, -0.25) is 4.99 Å². The summed E-state index contributed by atoms with van der Waals surface area (Å²) < 4.78 is 6.26. The molecule has 2 aliphatic rings. The highest BCUT2D eigenvalue weighted by atomic mass is 79.9. The lowest BCUT2D eigenvalue weighted by Crippen LogP contribution is -2.37. The van der Waals surface area contributed by atoms with E-state index in [1.165, 1.54) is 25.7 Å². The van der Waals surface area contributed by atoms with Crippen molar-refractivity contribution in [1.29, 1.82) is 0 Å². The average molecular weight is 310 g/mol. The first-order chi connectivity index (χ1) is 8.78. The fraction of sp³-hybridized carbons (Fsp3) is 0.538. The van der Waals surface area contributed by atoms with Crippen LogP contribution in [0.3, 0.4) is 0 Å². The molecule has 96 valence electrons. The molecule has 1 fully saturated rings. The van der Waals surface area contributed by atoms with Crippen LogP contribution >= 0.6 is 15.9 Å². The van der Waals surface area contributed by atoms with Crippen LogP contribution < -0.4 is 10.1 Å². The molecule has 1 aromatic heterocycles. The fourth-order valence-corrected chi connectivity index (χ4v) is 3.05. The van der Waals surface area contributed by atoms with Crippen molar-refractivity contribution in [2.24, 2.45) is 4.99 Å². The van der Waals surface area contributed by atoms with Gasteiger partial charge in [-0.05, 0) is 34.8 Å². The zero-order valence-electron chi connectivity index (χ0n) is 10.3. The van der Waals surface area contributed by atoms with E-state index >= 15 is 0 Å². The van der Waals surface area contributed by atoms with E-state index in [1.54, 1.807) is 13.3 Å². The molecule has 1 N–H and O–H groups in total. The van der Waals surface area contributed by atoms with Crippen molar-refractivity contribution in [2.45, 2.75) is 37.8 Å². The third-order valence-corrected chi connectivity index (χ3v) is 4.05. The summed E-state index contributed by atoms with van der Waals surface area (Å²) in [5, 5.41) is 3.52. The second-order valence-electron chi connectivity index (χ2n) is 4.79. The van der Waals surface area contributed by atoms with E-state index in [2.05, 4.69) is 26.2 Å². The number of pyridine rings is 1. The normalized spacial score (nSPS) is 26.2. The Morgan fingerprint density at radius 1 is 1.39 bits per heavy atom. The summed E-state index contributed by atoms with van der Waals surface area (Å²) >= 11 is 3.45. The van der Waals surface area contributed by atoms with Gasteiger partial charge < -0.3 is 10.1 Å². The van der Waals surface area contributed by atoms with Crippen LogP contribution in [-0.4, -0.2) is 30.0 Å². The van der Waals surface area contributed by atoms with Gasteiger partial charge in [0.1, 0.15) is 5.84 Å². The molecule has 0 saturated heterocycles. The average Bonchev–Trinajstić information content (AvgIpc) is 2.82. The van der Waals surface area contributed by atoms with Crippen LogP contribution in [0.5, 0.6) is 5.88 Å². The van der Waals surface area contributed by atoms with Gasteiger partial charge in [0.2, 0.25) is 5.88 Å². The number of nitrogens with one attached hydrogen (secondary N) is 1. The highest BCUT2D eigenvalue weighted by Gasteiger charge is 2.32. The monoisotopic (exact) mass is 309 g/mol. The van der Waals surface area contributed by atoms with Crippen LogP contribution in [0.15, 0.2) is 21.7 Å². The predicted octanol–water partition coefficient (Wildman–Crippen LogP) is 2.51. The largest absolute Gasteiger partial charge is 0.480 e. The number of hydrogen-bond acceptors (Lipinski definition) is 4. The minimum absolute atomic E-state index is 0.428. The van der Waals surface area contributed by atoms with Gasteiger partial charge in [-0.25, -0.2) is 4.98 Å². The van der Waals surface area contributed by atoms with E-state index in [-0.39, 0.29) is 0 Å². The number of aromatic nitrogens is 1. The van der Waals surface area contributed by atoms with Gasteiger partial charge in [-0.1, -0.05) is 12.8 Å². The molecule has 4 nitrogen and oxygen atoms in total. The van der Waals surface area contributed by atoms with Gasteiger partial charge in [0.15, 0.2) is 0 Å². The molecular weight excluding hydrogens is 294 g/mol. The lowest BCUT2D eigenvalue weighted by atomic mass is 9.92. The number of hydrogen-bond donors (Lipinski definition) is 1. The van der Waals surface area contributed by atoms with Crippen LogP contribution in [0.25, 0.3) is 0 Å². The van der Waals surface area contributed by atoms with Gasteiger partial charge in [0, 0.05) is 16.7 Å². The Hall–Kier alpha value is -1.10. The first-order valence-corrected chi connectivity index (χ1v) is 7.11. The van der Waals surface area contributed by atoms with E-state index in [0.29, 0.717) is 18.0 Å². The number of amidine groups is 1. The Labute approximate surface area is 115 Å². The Balaban J connectivity index is 1.93. The maximum Gasteiger partial charge on any atom is 0.224 e. The Bertz CT molecular complexity index is 489. The molecule has 5 heteroatoms. The van der Waals surface area contributed by atoms with Crippen molar-refractivity contribution in [3.8, 4) is 5.88 Å². The fourth-order valence-electron chi connectivity index (χ4n) is 2.72. The quantitative estimate of drug-likeness (QED) is 0.913. The SMILES string of the molecule is COc1ncc(Br)cc1C1=N[C@H]2CCCC[C@@H]2N1. The summed E-state index contributed by atoms with van der Waals surface area (Å²) in [4.78, 5) is 9.06. The summed E-state index contributed by atoms with van der Waals surface area (Å²) in [5.74, 6) is 1.56. The summed E-state index contributed by atoms with van der Waals surface area (Å²) in [7, 11) is 1.64. The molecule has 0 radical (unpaired) electrons. The van der Waals surface area contributed by atoms with E-state index in [4.69, 9.17) is 9.73 Å². The third kappa shape index (κ3) is 2.11. The van der Waals surface area contributed by atoms with Gasteiger partial charge >= 0.3 is 0 Å². The summed E-state index contributed by atoms with van der Waals surface area (Å²) in [6.07, 6.45) is 6.72. The number of halogens is 1. The molecule has 1 aliphatic carbocycles. The number of methoxy groups -OCH3 is 1. The van der Waals surface area contributed by atoms with E-state index in [1.807, 2.05) is 6.07 Å². The number of nitrogens with zero attached hydrogens (tertiary/aromatic N) is 2. The minimum Gasteiger partial charge on any atom is -0.480 e. The van der Waals surface area contributed by atoms with Crippen molar-refractivity contribution in [2.75, 3.05) is 7.11 Å². The van der Waals surface area contributed by atoms with Crippen molar-refractivity contribution in [1.82, 2.24) is 10.3 Å². The summed E-state index contributed by atoms with van der Waals surface area (Å²) in [6, 6.07) is 2.93. The standard InChI is InChI=1S/C13H16BrN3O/c1-18-13-9(6-8(14)7-15-13)12-16-10-4-2-3-5-11(10)17-12/h6-7,10-11H,2-5H2,1H3,(H,16,17)/t10-,11-/m0/s1. The first-order valence-electron chi connectivity index (χ1n) is 6.32. The molecule has 0 amide bonds. The molecule has 3 rings (SSSR count). The summed E-state index contributed by atoms with van der Waals surface area (Å²) in [5.41, 5.74) is 0.946. The van der Waals surface area contributed by atoms with E-state index in [0.717, 1.165) is 15.9 Å². The smallest absolute Gasteiger partial charge is 0.224 e. The van der Waals surface area contributed by atoms with E-state index < -0.39 is 0 Å². The lowest BCUT2D eigenvalue weighted by molar-refractivity contribution is 0.384. The van der Waals surface area contributed by atoms with E-state index in [9.17, 15) is 0 Å². The van der Waals surface area contributed by atoms with Gasteiger partial charge in [-0.15, -0.1) is 0 Å². The molecule has 0 unspecified atom stereocenters.